The van der Waals surface area contributed by atoms with Crippen molar-refractivity contribution in [2.45, 2.75) is 25.8 Å². The monoisotopic (exact) mass is 403 g/mol. The van der Waals surface area contributed by atoms with Crippen LogP contribution in [0.15, 0.2) is 65.6 Å². The van der Waals surface area contributed by atoms with E-state index in [0.717, 1.165) is 29.7 Å². The highest BCUT2D eigenvalue weighted by molar-refractivity contribution is 6.30. The largest absolute Gasteiger partial charge is 0.294 e. The molecule has 0 saturated heterocycles. The van der Waals surface area contributed by atoms with Crippen molar-refractivity contribution in [1.29, 1.82) is 0 Å². The lowest BCUT2D eigenvalue weighted by Crippen LogP contribution is -2.22. The van der Waals surface area contributed by atoms with Crippen LogP contribution >= 0.6 is 11.6 Å². The Bertz CT molecular complexity index is 1290. The van der Waals surface area contributed by atoms with Crippen LogP contribution in [-0.2, 0) is 13.0 Å². The van der Waals surface area contributed by atoms with Gasteiger partial charge in [0.2, 0.25) is 0 Å². The molecule has 2 aromatic carbocycles. The zero-order valence-electron chi connectivity index (χ0n) is 15.6. The fourth-order valence-electron chi connectivity index (χ4n) is 4.06. The third kappa shape index (κ3) is 2.98. The van der Waals surface area contributed by atoms with Crippen molar-refractivity contribution in [3.63, 3.8) is 0 Å². The molecule has 144 valence electrons. The summed E-state index contributed by atoms with van der Waals surface area (Å²) in [4.78, 5) is 30.5. The Morgan fingerprint density at radius 2 is 1.72 bits per heavy atom. The van der Waals surface area contributed by atoms with Gasteiger partial charge >= 0.3 is 0 Å². The lowest BCUT2D eigenvalue weighted by molar-refractivity contribution is 0.0972. The van der Waals surface area contributed by atoms with Crippen molar-refractivity contribution in [1.82, 2.24) is 14.3 Å². The Kier molecular flexibility index (Phi) is 4.32. The highest BCUT2D eigenvalue weighted by atomic mass is 35.5. The predicted octanol–water partition coefficient (Wildman–Crippen LogP) is 4.41. The number of nitrogens with zero attached hydrogens (tertiary/aromatic N) is 3. The topological polar surface area (TPSA) is 56.9 Å². The van der Waals surface area contributed by atoms with E-state index < -0.39 is 0 Å². The molecule has 0 amide bonds. The van der Waals surface area contributed by atoms with E-state index in [0.29, 0.717) is 34.6 Å². The molecule has 5 nitrogen and oxygen atoms in total. The predicted molar refractivity (Wildman–Crippen MR) is 113 cm³/mol. The summed E-state index contributed by atoms with van der Waals surface area (Å²) in [6.45, 7) is 0.463. The number of Topliss-reactive ketones (excluding diaryl/α,β-unsaturated/α-hetero) is 1. The maximum absolute atomic E-state index is 13.5. The van der Waals surface area contributed by atoms with E-state index in [1.165, 1.54) is 0 Å². The first-order valence-corrected chi connectivity index (χ1v) is 9.98. The van der Waals surface area contributed by atoms with Crippen LogP contribution in [0.25, 0.3) is 16.7 Å². The molecule has 0 N–H and O–H groups in total. The Morgan fingerprint density at radius 1 is 0.966 bits per heavy atom. The molecular weight excluding hydrogens is 386 g/mol. The average Bonchev–Trinajstić information content (AvgIpc) is 3.02. The summed E-state index contributed by atoms with van der Waals surface area (Å²) in [6, 6.07) is 17.1. The highest BCUT2D eigenvalue weighted by Crippen LogP contribution is 2.27. The molecule has 2 heterocycles. The minimum absolute atomic E-state index is 0.0664. The van der Waals surface area contributed by atoms with Gasteiger partial charge in [0.1, 0.15) is 0 Å². The Labute approximate surface area is 172 Å². The zero-order valence-corrected chi connectivity index (χ0v) is 16.4. The van der Waals surface area contributed by atoms with Gasteiger partial charge < -0.3 is 0 Å². The fourth-order valence-corrected chi connectivity index (χ4v) is 4.19. The van der Waals surface area contributed by atoms with Crippen LogP contribution in [0.4, 0.5) is 0 Å². The normalized spacial score (nSPS) is 13.6. The molecule has 1 aliphatic carbocycles. The van der Waals surface area contributed by atoms with Crippen LogP contribution in [-0.4, -0.2) is 20.1 Å². The molecule has 29 heavy (non-hydrogen) atoms. The van der Waals surface area contributed by atoms with Gasteiger partial charge in [-0.3, -0.25) is 14.3 Å². The van der Waals surface area contributed by atoms with Crippen LogP contribution in [0.2, 0.25) is 5.02 Å². The second kappa shape index (κ2) is 7.01. The minimum Gasteiger partial charge on any atom is -0.294 e. The van der Waals surface area contributed by atoms with E-state index in [1.807, 2.05) is 59.3 Å². The Balaban J connectivity index is 1.80. The van der Waals surface area contributed by atoms with Crippen LogP contribution in [0, 0.1) is 0 Å². The van der Waals surface area contributed by atoms with Gasteiger partial charge in [0, 0.05) is 23.2 Å². The Morgan fingerprint density at radius 3 is 2.48 bits per heavy atom. The van der Waals surface area contributed by atoms with Crippen LogP contribution < -0.4 is 5.56 Å². The van der Waals surface area contributed by atoms with E-state index in [9.17, 15) is 9.59 Å². The first-order valence-electron chi connectivity index (χ1n) is 9.60. The number of hydrogen-bond acceptors (Lipinski definition) is 3. The van der Waals surface area contributed by atoms with E-state index in [-0.39, 0.29) is 11.3 Å². The molecule has 0 bridgehead atoms. The lowest BCUT2D eigenvalue weighted by atomic mass is 9.90. The van der Waals surface area contributed by atoms with E-state index in [2.05, 4.69) is 4.98 Å². The van der Waals surface area contributed by atoms with Crippen LogP contribution in [0.1, 0.15) is 34.3 Å². The van der Waals surface area contributed by atoms with Gasteiger partial charge in [-0.1, -0.05) is 41.9 Å². The van der Waals surface area contributed by atoms with Gasteiger partial charge in [0.15, 0.2) is 11.4 Å². The first-order chi connectivity index (χ1) is 14.1. The first kappa shape index (κ1) is 17.9. The summed E-state index contributed by atoms with van der Waals surface area (Å²) in [7, 11) is 0. The van der Waals surface area contributed by atoms with E-state index >= 15 is 0 Å². The number of para-hydroxylation sites is 1. The number of aryl methyl sites for hydroxylation is 1. The second-order valence-corrected chi connectivity index (χ2v) is 7.70. The van der Waals surface area contributed by atoms with Crippen LogP contribution in [0.3, 0.4) is 0 Å². The van der Waals surface area contributed by atoms with E-state index in [4.69, 9.17) is 11.6 Å². The number of ketones is 1. The number of carbonyl (C=O) groups is 1. The molecule has 6 heteroatoms. The molecule has 0 fully saturated rings. The maximum Gasteiger partial charge on any atom is 0.281 e. The summed E-state index contributed by atoms with van der Waals surface area (Å²) >= 11 is 6.03. The van der Waals surface area contributed by atoms with Crippen molar-refractivity contribution in [2.24, 2.45) is 0 Å². The van der Waals surface area contributed by atoms with Crippen molar-refractivity contribution >= 4 is 28.4 Å². The lowest BCUT2D eigenvalue weighted by Gasteiger charge is -2.15. The molecule has 0 saturated carbocycles. The number of hydrogen-bond donors (Lipinski definition) is 0. The molecule has 4 aromatic rings. The third-order valence-corrected chi connectivity index (χ3v) is 5.69. The van der Waals surface area contributed by atoms with Crippen LogP contribution in [0.5, 0.6) is 0 Å². The molecule has 0 spiro atoms. The SMILES string of the molecule is O=C1CCCc2c1cnc1c2c(=O)n(-c2ccccc2)n1Cc1ccc(Cl)cc1. The van der Waals surface area contributed by atoms with Gasteiger partial charge in [-0.05, 0) is 48.2 Å². The number of halogens is 1. The molecule has 5 rings (SSSR count). The maximum atomic E-state index is 13.5. The molecule has 0 unspecified atom stereocenters. The standard InChI is InChI=1S/C23H18ClN3O2/c24-16-11-9-15(10-12-16)14-26-22-21(18-7-4-8-20(28)19(18)13-25-22)23(29)27(26)17-5-2-1-3-6-17/h1-3,5-6,9-13H,4,7-8,14H2. The molecule has 0 atom stereocenters. The van der Waals surface area contributed by atoms with Gasteiger partial charge in [-0.25, -0.2) is 9.67 Å². The quantitative estimate of drug-likeness (QED) is 0.509. The summed E-state index contributed by atoms with van der Waals surface area (Å²) in [5, 5.41) is 1.21. The van der Waals surface area contributed by atoms with E-state index in [1.54, 1.807) is 10.9 Å². The summed E-state index contributed by atoms with van der Waals surface area (Å²) in [5.41, 5.74) is 3.65. The average molecular weight is 404 g/mol. The molecule has 0 radical (unpaired) electrons. The van der Waals surface area contributed by atoms with Gasteiger partial charge in [0.25, 0.3) is 5.56 Å². The fraction of sp³-hybridized carbons (Fsp3) is 0.174. The summed E-state index contributed by atoms with van der Waals surface area (Å²) in [5.74, 6) is 0.0664. The number of rotatable bonds is 3. The minimum atomic E-state index is -0.140. The van der Waals surface area contributed by atoms with Crippen molar-refractivity contribution < 1.29 is 4.79 Å². The number of pyridine rings is 1. The Hall–Kier alpha value is -3.18. The summed E-state index contributed by atoms with van der Waals surface area (Å²) < 4.78 is 3.54. The van der Waals surface area contributed by atoms with Crippen molar-refractivity contribution in [3.8, 4) is 5.69 Å². The van der Waals surface area contributed by atoms with Gasteiger partial charge in [-0.15, -0.1) is 0 Å². The van der Waals surface area contributed by atoms with Crippen molar-refractivity contribution in [2.75, 3.05) is 0 Å². The number of benzene rings is 2. The summed E-state index contributed by atoms with van der Waals surface area (Å²) in [6.07, 6.45) is 3.62. The number of fused-ring (bicyclic) bond motifs is 3. The zero-order chi connectivity index (χ0) is 20.0. The molecule has 1 aliphatic rings. The highest BCUT2D eigenvalue weighted by Gasteiger charge is 2.26. The molecule has 0 aliphatic heterocycles. The molecule has 2 aromatic heterocycles. The second-order valence-electron chi connectivity index (χ2n) is 7.26. The smallest absolute Gasteiger partial charge is 0.281 e. The number of carbonyl (C=O) groups excluding carboxylic acids is 1. The third-order valence-electron chi connectivity index (χ3n) is 5.44. The van der Waals surface area contributed by atoms with Crippen molar-refractivity contribution in [3.05, 3.63) is 92.9 Å². The van der Waals surface area contributed by atoms with Gasteiger partial charge in [0.05, 0.1) is 17.6 Å². The molecular formula is C23H18ClN3O2. The number of aromatic nitrogens is 3. The van der Waals surface area contributed by atoms with Gasteiger partial charge in [-0.2, -0.15) is 0 Å².